The number of benzene rings is 1. The van der Waals surface area contributed by atoms with Crippen molar-refractivity contribution < 1.29 is 4.79 Å². The Balaban J connectivity index is 1.59. The maximum Gasteiger partial charge on any atom is 0.252 e. The zero-order valence-electron chi connectivity index (χ0n) is 17.1. The van der Waals surface area contributed by atoms with Crippen LogP contribution in [-0.4, -0.2) is 43.5 Å². The number of nitrogens with zero attached hydrogens (tertiary/aromatic N) is 5. The maximum absolute atomic E-state index is 12.5. The van der Waals surface area contributed by atoms with Gasteiger partial charge in [0.1, 0.15) is 6.33 Å². The van der Waals surface area contributed by atoms with Crippen molar-refractivity contribution in [2.75, 3.05) is 13.1 Å². The van der Waals surface area contributed by atoms with Crippen molar-refractivity contribution in [3.05, 3.63) is 58.7 Å². The highest BCUT2D eigenvalue weighted by atomic mass is 16.1. The Labute approximate surface area is 165 Å². The van der Waals surface area contributed by atoms with Crippen molar-refractivity contribution in [3.63, 3.8) is 0 Å². The predicted molar refractivity (Wildman–Crippen MR) is 109 cm³/mol. The van der Waals surface area contributed by atoms with E-state index in [0.717, 1.165) is 42.1 Å². The number of fused-ring (bicyclic) bond motifs is 1. The summed E-state index contributed by atoms with van der Waals surface area (Å²) in [6.45, 7) is 11.7. The molecule has 2 heterocycles. The molecule has 0 bridgehead atoms. The van der Waals surface area contributed by atoms with Gasteiger partial charge in [0, 0.05) is 30.0 Å². The van der Waals surface area contributed by atoms with Gasteiger partial charge in [-0.25, -0.2) is 9.50 Å². The van der Waals surface area contributed by atoms with Crippen molar-refractivity contribution in [1.29, 1.82) is 0 Å². The van der Waals surface area contributed by atoms with Gasteiger partial charge in [-0.2, -0.15) is 10.1 Å². The lowest BCUT2D eigenvalue weighted by molar-refractivity contribution is -0.120. The van der Waals surface area contributed by atoms with Crippen LogP contribution in [0.5, 0.6) is 0 Å². The second kappa shape index (κ2) is 8.93. The molecule has 0 saturated carbocycles. The molecule has 7 heteroatoms. The second-order valence-corrected chi connectivity index (χ2v) is 6.96. The fraction of sp³-hybridized carbons (Fsp3) is 0.429. The molecule has 0 fully saturated rings. The minimum Gasteiger partial charge on any atom is -0.352 e. The van der Waals surface area contributed by atoms with Crippen molar-refractivity contribution in [1.82, 2.24) is 29.8 Å². The standard InChI is InChI=1S/C21H28N6O/c1-5-26(6-2)13-18-9-7-17(8-10-18)12-22-20(28)11-19-15(3)25-21-23-14-24-27(21)16(19)4/h7-10,14H,5-6,11-13H2,1-4H3,(H,22,28). The number of hydrogen-bond donors (Lipinski definition) is 1. The molecule has 7 nitrogen and oxygen atoms in total. The lowest BCUT2D eigenvalue weighted by atomic mass is 10.1. The van der Waals surface area contributed by atoms with Gasteiger partial charge in [0.25, 0.3) is 5.78 Å². The zero-order valence-corrected chi connectivity index (χ0v) is 17.1. The largest absolute Gasteiger partial charge is 0.352 e. The molecule has 3 aromatic rings. The van der Waals surface area contributed by atoms with Crippen molar-refractivity contribution in [2.45, 2.75) is 47.2 Å². The van der Waals surface area contributed by atoms with Crippen LogP contribution in [0, 0.1) is 13.8 Å². The topological polar surface area (TPSA) is 75.4 Å². The maximum atomic E-state index is 12.5. The monoisotopic (exact) mass is 380 g/mol. The Morgan fingerprint density at radius 3 is 2.46 bits per heavy atom. The van der Waals surface area contributed by atoms with Crippen molar-refractivity contribution in [3.8, 4) is 0 Å². The summed E-state index contributed by atoms with van der Waals surface area (Å²) in [5.74, 6) is 0.531. The molecule has 0 saturated heterocycles. The predicted octanol–water partition coefficient (Wildman–Crippen LogP) is 2.44. The highest BCUT2D eigenvalue weighted by Gasteiger charge is 2.14. The number of carbonyl (C=O) groups excluding carboxylic acids is 1. The van der Waals surface area contributed by atoms with E-state index in [1.54, 1.807) is 4.52 Å². The number of amides is 1. The smallest absolute Gasteiger partial charge is 0.252 e. The molecule has 148 valence electrons. The van der Waals surface area contributed by atoms with Gasteiger partial charge in [0.15, 0.2) is 0 Å². The Hall–Kier alpha value is -2.80. The number of rotatable bonds is 8. The summed E-state index contributed by atoms with van der Waals surface area (Å²) in [6, 6.07) is 8.44. The van der Waals surface area contributed by atoms with E-state index in [2.05, 4.69) is 63.4 Å². The summed E-state index contributed by atoms with van der Waals surface area (Å²) in [5, 5.41) is 7.17. The molecule has 0 spiro atoms. The van der Waals surface area contributed by atoms with Crippen molar-refractivity contribution in [2.24, 2.45) is 0 Å². The van der Waals surface area contributed by atoms with Gasteiger partial charge in [-0.1, -0.05) is 38.1 Å². The van der Waals surface area contributed by atoms with Crippen LogP contribution in [0.25, 0.3) is 5.78 Å². The average Bonchev–Trinajstić information content (AvgIpc) is 3.17. The minimum atomic E-state index is -0.0281. The van der Waals surface area contributed by atoms with E-state index in [0.29, 0.717) is 12.3 Å². The normalized spacial score (nSPS) is 11.3. The molecule has 0 radical (unpaired) electrons. The van der Waals surface area contributed by atoms with Crippen LogP contribution in [-0.2, 0) is 24.3 Å². The van der Waals surface area contributed by atoms with E-state index >= 15 is 0 Å². The van der Waals surface area contributed by atoms with Gasteiger partial charge in [-0.15, -0.1) is 0 Å². The number of aromatic nitrogens is 4. The molecule has 0 unspecified atom stereocenters. The van der Waals surface area contributed by atoms with Gasteiger partial charge >= 0.3 is 0 Å². The third-order valence-electron chi connectivity index (χ3n) is 5.14. The number of nitrogens with one attached hydrogen (secondary N) is 1. The van der Waals surface area contributed by atoms with E-state index in [1.165, 1.54) is 11.9 Å². The molecule has 0 atom stereocenters. The summed E-state index contributed by atoms with van der Waals surface area (Å²) >= 11 is 0. The van der Waals surface area contributed by atoms with E-state index in [9.17, 15) is 4.79 Å². The lowest BCUT2D eigenvalue weighted by Crippen LogP contribution is -2.26. The van der Waals surface area contributed by atoms with Gasteiger partial charge in [0.2, 0.25) is 5.91 Å². The molecule has 1 amide bonds. The molecule has 2 aromatic heterocycles. The highest BCUT2D eigenvalue weighted by Crippen LogP contribution is 2.14. The minimum absolute atomic E-state index is 0.0281. The first kappa shape index (κ1) is 19.9. The molecule has 0 aliphatic rings. The van der Waals surface area contributed by atoms with E-state index in [-0.39, 0.29) is 12.3 Å². The highest BCUT2D eigenvalue weighted by molar-refractivity contribution is 5.79. The number of aryl methyl sites for hydroxylation is 2. The summed E-state index contributed by atoms with van der Waals surface area (Å²) in [4.78, 5) is 23.4. The average molecular weight is 380 g/mol. The summed E-state index contributed by atoms with van der Waals surface area (Å²) in [7, 11) is 0. The Bertz CT molecular complexity index is 943. The lowest BCUT2D eigenvalue weighted by Gasteiger charge is -2.18. The van der Waals surface area contributed by atoms with E-state index < -0.39 is 0 Å². The summed E-state index contributed by atoms with van der Waals surface area (Å²) in [5.41, 5.74) is 4.99. The summed E-state index contributed by atoms with van der Waals surface area (Å²) < 4.78 is 1.67. The first-order valence-electron chi connectivity index (χ1n) is 9.74. The van der Waals surface area contributed by atoms with Crippen LogP contribution >= 0.6 is 0 Å². The molecule has 1 aromatic carbocycles. The van der Waals surface area contributed by atoms with Crippen LogP contribution < -0.4 is 5.32 Å². The van der Waals surface area contributed by atoms with Crippen LogP contribution in [0.1, 0.15) is 41.9 Å². The third kappa shape index (κ3) is 4.54. The third-order valence-corrected chi connectivity index (χ3v) is 5.14. The van der Waals surface area contributed by atoms with Crippen LogP contribution in [0.15, 0.2) is 30.6 Å². The quantitative estimate of drug-likeness (QED) is 0.650. The van der Waals surface area contributed by atoms with Gasteiger partial charge in [-0.05, 0) is 38.1 Å². The second-order valence-electron chi connectivity index (χ2n) is 6.96. The number of carbonyl (C=O) groups is 1. The Morgan fingerprint density at radius 2 is 1.79 bits per heavy atom. The van der Waals surface area contributed by atoms with Gasteiger partial charge in [-0.3, -0.25) is 9.69 Å². The van der Waals surface area contributed by atoms with Gasteiger partial charge in [0.05, 0.1) is 6.42 Å². The fourth-order valence-electron chi connectivity index (χ4n) is 3.30. The first-order chi connectivity index (χ1) is 13.5. The Morgan fingerprint density at radius 1 is 1.11 bits per heavy atom. The SMILES string of the molecule is CCN(CC)Cc1ccc(CNC(=O)Cc2c(C)nc3ncnn3c2C)cc1. The molecule has 0 aliphatic heterocycles. The van der Waals surface area contributed by atoms with E-state index in [4.69, 9.17) is 0 Å². The van der Waals surface area contributed by atoms with Gasteiger partial charge < -0.3 is 5.32 Å². The number of hydrogen-bond acceptors (Lipinski definition) is 5. The molecular formula is C21H28N6O. The Kier molecular flexibility index (Phi) is 6.36. The molecular weight excluding hydrogens is 352 g/mol. The molecule has 28 heavy (non-hydrogen) atoms. The zero-order chi connectivity index (χ0) is 20.1. The fourth-order valence-corrected chi connectivity index (χ4v) is 3.30. The molecule has 1 N–H and O–H groups in total. The van der Waals surface area contributed by atoms with Crippen LogP contribution in [0.3, 0.4) is 0 Å². The van der Waals surface area contributed by atoms with E-state index in [1.807, 2.05) is 13.8 Å². The molecule has 3 rings (SSSR count). The first-order valence-corrected chi connectivity index (χ1v) is 9.74. The van der Waals surface area contributed by atoms with Crippen LogP contribution in [0.2, 0.25) is 0 Å². The molecule has 0 aliphatic carbocycles. The summed E-state index contributed by atoms with van der Waals surface area (Å²) in [6.07, 6.45) is 1.75. The van der Waals surface area contributed by atoms with Crippen molar-refractivity contribution >= 4 is 11.7 Å². The van der Waals surface area contributed by atoms with Crippen LogP contribution in [0.4, 0.5) is 0 Å².